The van der Waals surface area contributed by atoms with E-state index in [2.05, 4.69) is 9.97 Å². The number of aryl methyl sites for hydroxylation is 2. The van der Waals surface area contributed by atoms with E-state index in [1.54, 1.807) is 18.2 Å². The molecule has 0 saturated carbocycles. The van der Waals surface area contributed by atoms with Gasteiger partial charge in [-0.15, -0.1) is 0 Å². The number of aromatic hydroxyl groups is 2. The van der Waals surface area contributed by atoms with Gasteiger partial charge < -0.3 is 24.6 Å². The number of hydrogen-bond donors (Lipinski definition) is 2. The van der Waals surface area contributed by atoms with Crippen molar-refractivity contribution in [3.05, 3.63) is 59.3 Å². The Morgan fingerprint density at radius 1 is 1.18 bits per heavy atom. The number of carbonyl (C=O) groups excluding carboxylic acids is 1. The van der Waals surface area contributed by atoms with E-state index in [1.165, 1.54) is 18.2 Å². The molecule has 33 heavy (non-hydrogen) atoms. The maximum atomic E-state index is 13.3. The van der Waals surface area contributed by atoms with Crippen LogP contribution in [0.4, 0.5) is 5.69 Å². The maximum Gasteiger partial charge on any atom is 0.316 e. The fourth-order valence-corrected chi connectivity index (χ4v) is 4.04. The zero-order valence-corrected chi connectivity index (χ0v) is 18.9. The van der Waals surface area contributed by atoms with E-state index in [9.17, 15) is 15.0 Å². The molecule has 1 atom stereocenters. The van der Waals surface area contributed by atoms with E-state index >= 15 is 0 Å². The number of nitrogens with zero attached hydrogens (tertiary/aromatic N) is 3. The van der Waals surface area contributed by atoms with Gasteiger partial charge in [-0.25, -0.2) is 4.98 Å². The smallest absolute Gasteiger partial charge is 0.316 e. The minimum absolute atomic E-state index is 0.0365. The van der Waals surface area contributed by atoms with Gasteiger partial charge in [0.15, 0.2) is 0 Å². The number of carbonyl (C=O) groups is 1. The summed E-state index contributed by atoms with van der Waals surface area (Å²) < 4.78 is 10.6. The molecule has 0 unspecified atom stereocenters. The highest BCUT2D eigenvalue weighted by molar-refractivity contribution is 6.09. The van der Waals surface area contributed by atoms with Crippen LogP contribution in [0.5, 0.6) is 17.5 Å². The quantitative estimate of drug-likeness (QED) is 0.551. The minimum atomic E-state index is -0.305. The molecule has 0 bridgehead atoms. The summed E-state index contributed by atoms with van der Waals surface area (Å²) in [6, 6.07) is 10.2. The second-order valence-corrected chi connectivity index (χ2v) is 8.13. The molecule has 3 aromatic rings. The third kappa shape index (κ3) is 4.61. The molecule has 2 heterocycles. The molecular weight excluding hydrogens is 422 g/mol. The number of anilines is 1. The van der Waals surface area contributed by atoms with Crippen LogP contribution in [0.2, 0.25) is 0 Å². The van der Waals surface area contributed by atoms with Crippen molar-refractivity contribution in [2.24, 2.45) is 0 Å². The summed E-state index contributed by atoms with van der Waals surface area (Å²) in [5.41, 5.74) is 4.59. The number of methoxy groups -OCH3 is 1. The molecular formula is C25H27N3O5. The van der Waals surface area contributed by atoms with Gasteiger partial charge in [-0.05, 0) is 62.1 Å². The Labute approximate surface area is 192 Å². The molecule has 2 aromatic carbocycles. The number of amides is 1. The Balaban J connectivity index is 1.67. The highest BCUT2D eigenvalue weighted by atomic mass is 16.5. The third-order valence-electron chi connectivity index (χ3n) is 5.78. The Morgan fingerprint density at radius 3 is 2.76 bits per heavy atom. The molecule has 0 saturated heterocycles. The van der Waals surface area contributed by atoms with E-state index in [0.29, 0.717) is 19.2 Å². The average Bonchev–Trinajstić information content (AvgIpc) is 2.79. The SMILES string of the molecule is COCCOc1ncc(C)c(-c2ccc3c(c2)CC[C@H](C)N3C(=O)c2ccc(O)cc2O)n1. The molecule has 1 aliphatic heterocycles. The van der Waals surface area contributed by atoms with Crippen LogP contribution in [0.15, 0.2) is 42.6 Å². The van der Waals surface area contributed by atoms with Gasteiger partial charge in [0.25, 0.3) is 5.91 Å². The molecule has 1 aromatic heterocycles. The van der Waals surface area contributed by atoms with Crippen LogP contribution in [-0.4, -0.2) is 52.5 Å². The Bertz CT molecular complexity index is 1180. The number of benzene rings is 2. The predicted molar refractivity (Wildman–Crippen MR) is 124 cm³/mol. The lowest BCUT2D eigenvalue weighted by Gasteiger charge is -2.35. The number of phenolic OH excluding ortho intramolecular Hbond substituents is 2. The first kappa shape index (κ1) is 22.5. The molecule has 1 amide bonds. The molecule has 8 heteroatoms. The molecule has 0 radical (unpaired) electrons. The highest BCUT2D eigenvalue weighted by Crippen LogP contribution is 2.36. The standard InChI is InChI=1S/C25H27N3O5/c1-15-14-26-25(33-11-10-32-3)27-23(15)18-6-9-21-17(12-18)5-4-16(2)28(21)24(31)20-8-7-19(29)13-22(20)30/h6-9,12-14,16,29-30H,4-5,10-11H2,1-3H3/t16-/m0/s1. The van der Waals surface area contributed by atoms with Crippen molar-refractivity contribution in [3.8, 4) is 28.8 Å². The van der Waals surface area contributed by atoms with Crippen molar-refractivity contribution >= 4 is 11.6 Å². The molecule has 0 aliphatic carbocycles. The number of rotatable bonds is 6. The number of ether oxygens (including phenoxy) is 2. The zero-order chi connectivity index (χ0) is 23.5. The number of hydrogen-bond acceptors (Lipinski definition) is 7. The van der Waals surface area contributed by atoms with Crippen molar-refractivity contribution in [2.75, 3.05) is 25.2 Å². The Hall–Kier alpha value is -3.65. The van der Waals surface area contributed by atoms with Crippen LogP contribution in [0.3, 0.4) is 0 Å². The second-order valence-electron chi connectivity index (χ2n) is 8.13. The maximum absolute atomic E-state index is 13.3. The highest BCUT2D eigenvalue weighted by Gasteiger charge is 2.30. The van der Waals surface area contributed by atoms with E-state index in [4.69, 9.17) is 9.47 Å². The summed E-state index contributed by atoms with van der Waals surface area (Å²) in [4.78, 5) is 23.8. The summed E-state index contributed by atoms with van der Waals surface area (Å²) in [6.45, 7) is 4.75. The summed E-state index contributed by atoms with van der Waals surface area (Å²) in [5, 5.41) is 19.8. The van der Waals surface area contributed by atoms with Gasteiger partial charge in [-0.3, -0.25) is 4.79 Å². The van der Waals surface area contributed by atoms with Crippen molar-refractivity contribution in [2.45, 2.75) is 32.7 Å². The summed E-state index contributed by atoms with van der Waals surface area (Å²) in [7, 11) is 1.61. The summed E-state index contributed by atoms with van der Waals surface area (Å²) in [5.74, 6) is -0.638. The lowest BCUT2D eigenvalue weighted by Crippen LogP contribution is -2.42. The molecule has 4 rings (SSSR count). The molecule has 2 N–H and O–H groups in total. The van der Waals surface area contributed by atoms with Gasteiger partial charge >= 0.3 is 6.01 Å². The van der Waals surface area contributed by atoms with Crippen LogP contribution < -0.4 is 9.64 Å². The first-order valence-corrected chi connectivity index (χ1v) is 10.8. The largest absolute Gasteiger partial charge is 0.508 e. The fourth-order valence-electron chi connectivity index (χ4n) is 4.04. The third-order valence-corrected chi connectivity index (χ3v) is 5.78. The van der Waals surface area contributed by atoms with Crippen LogP contribution in [0.1, 0.15) is 34.8 Å². The normalized spacial score (nSPS) is 15.2. The molecule has 8 nitrogen and oxygen atoms in total. The molecule has 0 fully saturated rings. The molecule has 0 spiro atoms. The lowest BCUT2D eigenvalue weighted by molar-refractivity contribution is 0.0972. The lowest BCUT2D eigenvalue weighted by atomic mass is 9.93. The summed E-state index contributed by atoms with van der Waals surface area (Å²) >= 11 is 0. The van der Waals surface area contributed by atoms with Crippen molar-refractivity contribution < 1.29 is 24.5 Å². The Morgan fingerprint density at radius 2 is 2.00 bits per heavy atom. The first-order valence-electron chi connectivity index (χ1n) is 10.8. The van der Waals surface area contributed by atoms with E-state index in [1.807, 2.05) is 32.0 Å². The van der Waals surface area contributed by atoms with Crippen LogP contribution >= 0.6 is 0 Å². The number of aromatic nitrogens is 2. The predicted octanol–water partition coefficient (Wildman–Crippen LogP) is 3.87. The van der Waals surface area contributed by atoms with Gasteiger partial charge in [0.2, 0.25) is 0 Å². The van der Waals surface area contributed by atoms with E-state index < -0.39 is 0 Å². The fraction of sp³-hybridized carbons (Fsp3) is 0.320. The second kappa shape index (κ2) is 9.46. The molecule has 172 valence electrons. The van der Waals surface area contributed by atoms with Gasteiger partial charge in [-0.2, -0.15) is 4.98 Å². The zero-order valence-electron chi connectivity index (χ0n) is 18.9. The monoisotopic (exact) mass is 449 g/mol. The van der Waals surface area contributed by atoms with Crippen molar-refractivity contribution in [1.29, 1.82) is 0 Å². The summed E-state index contributed by atoms with van der Waals surface area (Å²) in [6.07, 6.45) is 3.33. The Kier molecular flexibility index (Phi) is 6.46. The van der Waals surface area contributed by atoms with Gasteiger partial charge in [0, 0.05) is 36.7 Å². The molecule has 1 aliphatic rings. The van der Waals surface area contributed by atoms with Gasteiger partial charge in [-0.1, -0.05) is 6.07 Å². The van der Waals surface area contributed by atoms with Gasteiger partial charge in [0.05, 0.1) is 17.9 Å². The first-order chi connectivity index (χ1) is 15.9. The number of phenols is 2. The van der Waals surface area contributed by atoms with Gasteiger partial charge in [0.1, 0.15) is 18.1 Å². The van der Waals surface area contributed by atoms with E-state index in [0.717, 1.165) is 40.9 Å². The van der Waals surface area contributed by atoms with Crippen LogP contribution in [0, 0.1) is 6.92 Å². The minimum Gasteiger partial charge on any atom is -0.508 e. The number of fused-ring (bicyclic) bond motifs is 1. The van der Waals surface area contributed by atoms with Crippen molar-refractivity contribution in [1.82, 2.24) is 9.97 Å². The van der Waals surface area contributed by atoms with Crippen molar-refractivity contribution in [3.63, 3.8) is 0 Å². The topological polar surface area (TPSA) is 105 Å². The van der Waals surface area contributed by atoms with Crippen LogP contribution in [-0.2, 0) is 11.2 Å². The average molecular weight is 450 g/mol. The van der Waals surface area contributed by atoms with E-state index in [-0.39, 0.29) is 29.0 Å². The van der Waals surface area contributed by atoms with Crippen LogP contribution in [0.25, 0.3) is 11.3 Å².